The number of rotatable bonds is 6. The molecule has 0 saturated heterocycles. The number of carbonyl (C=O) groups is 2. The first kappa shape index (κ1) is 17.8. The largest absolute Gasteiger partial charge is 0.493 e. The minimum atomic E-state index is -1.02. The van der Waals surface area contributed by atoms with Crippen LogP contribution in [0.15, 0.2) is 28.9 Å². The molecule has 0 aliphatic carbocycles. The predicted octanol–water partition coefficient (Wildman–Crippen LogP) is 2.94. The zero-order chi connectivity index (χ0) is 17.9. The number of benzene rings is 1. The number of nitrogens with zero attached hydrogens (tertiary/aromatic N) is 1. The topological polar surface area (TPSA) is 80.0 Å². The fourth-order valence-electron chi connectivity index (χ4n) is 2.62. The van der Waals surface area contributed by atoms with Crippen molar-refractivity contribution in [1.29, 1.82) is 0 Å². The molecular weight excluding hydrogens is 310 g/mol. The van der Waals surface area contributed by atoms with Crippen molar-refractivity contribution in [2.75, 3.05) is 20.2 Å². The Kier molecular flexibility index (Phi) is 5.17. The molecular formula is C18H23NO5. The zero-order valence-corrected chi connectivity index (χ0v) is 14.5. The number of ether oxygens (including phenoxy) is 1. The van der Waals surface area contributed by atoms with Gasteiger partial charge in [0, 0.05) is 17.5 Å². The van der Waals surface area contributed by atoms with E-state index in [1.807, 2.05) is 32.9 Å². The minimum absolute atomic E-state index is 0.0868. The number of para-hydroxylation sites is 1. The van der Waals surface area contributed by atoms with Crippen molar-refractivity contribution in [3.63, 3.8) is 0 Å². The van der Waals surface area contributed by atoms with Crippen LogP contribution in [-0.2, 0) is 16.0 Å². The Labute approximate surface area is 141 Å². The van der Waals surface area contributed by atoms with Gasteiger partial charge in [-0.3, -0.25) is 9.59 Å². The molecule has 0 atom stereocenters. The summed E-state index contributed by atoms with van der Waals surface area (Å²) in [6.45, 7) is 5.96. The van der Waals surface area contributed by atoms with E-state index in [1.165, 1.54) is 11.2 Å². The Hall–Kier alpha value is -2.50. The van der Waals surface area contributed by atoms with E-state index in [1.54, 1.807) is 13.2 Å². The van der Waals surface area contributed by atoms with Crippen LogP contribution in [0.25, 0.3) is 11.0 Å². The first-order chi connectivity index (χ1) is 11.2. The number of fused-ring (bicyclic) bond motifs is 1. The number of aliphatic carboxylic acids is 1. The summed E-state index contributed by atoms with van der Waals surface area (Å²) in [5, 5.41) is 9.87. The molecule has 1 aromatic heterocycles. The van der Waals surface area contributed by atoms with E-state index in [0.29, 0.717) is 17.9 Å². The maximum Gasteiger partial charge on any atom is 0.323 e. The number of hydrogen-bond donors (Lipinski definition) is 1. The van der Waals surface area contributed by atoms with E-state index in [2.05, 4.69) is 0 Å². The SMILES string of the molecule is COc1cccc2c(CC(=O)N(CC(=O)O)CC(C)(C)C)coc12. The third kappa shape index (κ3) is 4.28. The van der Waals surface area contributed by atoms with Gasteiger partial charge in [-0.2, -0.15) is 0 Å². The lowest BCUT2D eigenvalue weighted by molar-refractivity contribution is -0.145. The van der Waals surface area contributed by atoms with Crippen LogP contribution in [0.3, 0.4) is 0 Å². The average Bonchev–Trinajstić information content (AvgIpc) is 2.87. The molecule has 2 aromatic rings. The molecule has 130 valence electrons. The van der Waals surface area contributed by atoms with Crippen molar-refractivity contribution in [2.24, 2.45) is 5.41 Å². The van der Waals surface area contributed by atoms with E-state index >= 15 is 0 Å². The fraction of sp³-hybridized carbons (Fsp3) is 0.444. The molecule has 6 heteroatoms. The predicted molar refractivity (Wildman–Crippen MR) is 90.1 cm³/mol. The highest BCUT2D eigenvalue weighted by Gasteiger charge is 2.24. The molecule has 0 fully saturated rings. The molecule has 0 unspecified atom stereocenters. The van der Waals surface area contributed by atoms with Crippen LogP contribution in [0.2, 0.25) is 0 Å². The lowest BCUT2D eigenvalue weighted by Gasteiger charge is -2.28. The van der Waals surface area contributed by atoms with Gasteiger partial charge in [-0.25, -0.2) is 0 Å². The molecule has 1 heterocycles. The molecule has 24 heavy (non-hydrogen) atoms. The van der Waals surface area contributed by atoms with Crippen LogP contribution >= 0.6 is 0 Å². The van der Waals surface area contributed by atoms with Crippen LogP contribution in [0.4, 0.5) is 0 Å². The Balaban J connectivity index is 2.24. The standard InChI is InChI=1S/C18H23NO5/c1-18(2,3)11-19(9-16(21)22)15(20)8-12-10-24-17-13(12)6-5-7-14(17)23-4/h5-7,10H,8-9,11H2,1-4H3,(H,21,22). The molecule has 2 rings (SSSR count). The molecule has 0 saturated carbocycles. The molecule has 0 radical (unpaired) electrons. The van der Waals surface area contributed by atoms with Crippen LogP contribution in [0.1, 0.15) is 26.3 Å². The van der Waals surface area contributed by atoms with Crippen molar-refractivity contribution in [2.45, 2.75) is 27.2 Å². The van der Waals surface area contributed by atoms with E-state index in [0.717, 1.165) is 10.9 Å². The first-order valence-electron chi connectivity index (χ1n) is 7.74. The third-order valence-electron chi connectivity index (χ3n) is 3.55. The van der Waals surface area contributed by atoms with Crippen LogP contribution in [0.5, 0.6) is 5.75 Å². The van der Waals surface area contributed by atoms with Gasteiger partial charge < -0.3 is 19.2 Å². The Morgan fingerprint density at radius 2 is 2.00 bits per heavy atom. The highest BCUT2D eigenvalue weighted by Crippen LogP contribution is 2.30. The molecule has 1 N–H and O–H groups in total. The smallest absolute Gasteiger partial charge is 0.323 e. The summed E-state index contributed by atoms with van der Waals surface area (Å²) in [7, 11) is 1.56. The molecule has 0 aliphatic heterocycles. The number of amides is 1. The second kappa shape index (κ2) is 6.95. The van der Waals surface area contributed by atoms with Gasteiger partial charge in [0.05, 0.1) is 19.8 Å². The summed E-state index contributed by atoms with van der Waals surface area (Å²) >= 11 is 0. The molecule has 0 spiro atoms. The van der Waals surface area contributed by atoms with Crippen LogP contribution in [0, 0.1) is 5.41 Å². The van der Waals surface area contributed by atoms with Gasteiger partial charge in [0.2, 0.25) is 5.91 Å². The van der Waals surface area contributed by atoms with E-state index < -0.39 is 5.97 Å². The molecule has 6 nitrogen and oxygen atoms in total. The zero-order valence-electron chi connectivity index (χ0n) is 14.5. The number of methoxy groups -OCH3 is 1. The Morgan fingerprint density at radius 1 is 1.29 bits per heavy atom. The third-order valence-corrected chi connectivity index (χ3v) is 3.55. The van der Waals surface area contributed by atoms with Crippen molar-refractivity contribution < 1.29 is 23.8 Å². The molecule has 1 aromatic carbocycles. The quantitative estimate of drug-likeness (QED) is 0.879. The van der Waals surface area contributed by atoms with Gasteiger partial charge in [0.25, 0.3) is 0 Å². The second-order valence-corrected chi connectivity index (χ2v) is 6.98. The summed E-state index contributed by atoms with van der Waals surface area (Å²) < 4.78 is 10.8. The van der Waals surface area contributed by atoms with Gasteiger partial charge in [-0.15, -0.1) is 0 Å². The normalized spacial score (nSPS) is 11.5. The van der Waals surface area contributed by atoms with Crippen molar-refractivity contribution in [3.05, 3.63) is 30.0 Å². The van der Waals surface area contributed by atoms with Crippen LogP contribution < -0.4 is 4.74 Å². The lowest BCUT2D eigenvalue weighted by Crippen LogP contribution is -2.41. The van der Waals surface area contributed by atoms with Gasteiger partial charge in [0.1, 0.15) is 6.54 Å². The molecule has 0 aliphatic rings. The molecule has 0 bridgehead atoms. The molecule has 1 amide bonds. The number of hydrogen-bond acceptors (Lipinski definition) is 4. The second-order valence-electron chi connectivity index (χ2n) is 6.98. The van der Waals surface area contributed by atoms with E-state index in [9.17, 15) is 9.59 Å². The minimum Gasteiger partial charge on any atom is -0.493 e. The van der Waals surface area contributed by atoms with Crippen molar-refractivity contribution >= 4 is 22.8 Å². The fourth-order valence-corrected chi connectivity index (χ4v) is 2.62. The number of carboxylic acid groups (broad SMARTS) is 1. The van der Waals surface area contributed by atoms with Crippen molar-refractivity contribution in [1.82, 2.24) is 4.90 Å². The Bertz CT molecular complexity index is 741. The summed E-state index contributed by atoms with van der Waals surface area (Å²) in [5.41, 5.74) is 1.12. The maximum absolute atomic E-state index is 12.6. The average molecular weight is 333 g/mol. The summed E-state index contributed by atoms with van der Waals surface area (Å²) in [4.78, 5) is 25.1. The number of carboxylic acids is 1. The van der Waals surface area contributed by atoms with Gasteiger partial charge in [-0.1, -0.05) is 32.9 Å². The van der Waals surface area contributed by atoms with E-state index in [4.69, 9.17) is 14.3 Å². The summed E-state index contributed by atoms with van der Waals surface area (Å²) in [5.74, 6) is -0.660. The summed E-state index contributed by atoms with van der Waals surface area (Å²) in [6.07, 6.45) is 1.62. The van der Waals surface area contributed by atoms with Crippen molar-refractivity contribution in [3.8, 4) is 5.75 Å². The van der Waals surface area contributed by atoms with Crippen LogP contribution in [-0.4, -0.2) is 42.1 Å². The van der Waals surface area contributed by atoms with Gasteiger partial charge in [0.15, 0.2) is 11.3 Å². The van der Waals surface area contributed by atoms with E-state index in [-0.39, 0.29) is 24.3 Å². The number of furan rings is 1. The summed E-state index contributed by atoms with van der Waals surface area (Å²) in [6, 6.07) is 5.47. The van der Waals surface area contributed by atoms with Gasteiger partial charge in [-0.05, 0) is 11.5 Å². The first-order valence-corrected chi connectivity index (χ1v) is 7.74. The highest BCUT2D eigenvalue weighted by molar-refractivity contribution is 5.91. The Morgan fingerprint density at radius 3 is 2.58 bits per heavy atom. The lowest BCUT2D eigenvalue weighted by atomic mass is 9.95. The monoisotopic (exact) mass is 333 g/mol. The number of carbonyl (C=O) groups excluding carboxylic acids is 1. The maximum atomic E-state index is 12.6. The van der Waals surface area contributed by atoms with Gasteiger partial charge >= 0.3 is 5.97 Å². The highest BCUT2D eigenvalue weighted by atomic mass is 16.5.